The van der Waals surface area contributed by atoms with Crippen LogP contribution in [0.2, 0.25) is 0 Å². The predicted molar refractivity (Wildman–Crippen MR) is 82.4 cm³/mol. The minimum absolute atomic E-state index is 0.0188. The van der Waals surface area contributed by atoms with E-state index >= 15 is 0 Å². The summed E-state index contributed by atoms with van der Waals surface area (Å²) in [5, 5.41) is 2.33. The van der Waals surface area contributed by atoms with Crippen LogP contribution in [0.15, 0.2) is 46.4 Å². The Bertz CT molecular complexity index is 830. The van der Waals surface area contributed by atoms with Gasteiger partial charge in [0.1, 0.15) is 23.1 Å². The third-order valence-electron chi connectivity index (χ3n) is 3.18. The Kier molecular flexibility index (Phi) is 4.20. The average molecular weight is 334 g/mol. The minimum atomic E-state index is -0.822. The summed E-state index contributed by atoms with van der Waals surface area (Å²) >= 11 is 1.32. The van der Waals surface area contributed by atoms with Crippen molar-refractivity contribution in [3.8, 4) is 0 Å². The molecule has 0 unspecified atom stereocenters. The van der Waals surface area contributed by atoms with Crippen LogP contribution >= 0.6 is 11.3 Å². The van der Waals surface area contributed by atoms with Gasteiger partial charge in [-0.05, 0) is 31.2 Å². The fraction of sp³-hybridized carbons (Fsp3) is 0.125. The second-order valence-corrected chi connectivity index (χ2v) is 5.88. The van der Waals surface area contributed by atoms with Gasteiger partial charge in [-0.2, -0.15) is 0 Å². The zero-order valence-electron chi connectivity index (χ0n) is 12.1. The van der Waals surface area contributed by atoms with Crippen LogP contribution in [0, 0.1) is 18.6 Å². The van der Waals surface area contributed by atoms with Gasteiger partial charge in [0, 0.05) is 11.4 Å². The molecule has 23 heavy (non-hydrogen) atoms. The molecule has 1 aromatic carbocycles. The van der Waals surface area contributed by atoms with Crippen molar-refractivity contribution >= 4 is 22.9 Å². The van der Waals surface area contributed by atoms with Gasteiger partial charge < -0.3 is 4.42 Å². The Morgan fingerprint density at radius 2 is 2.17 bits per heavy atom. The lowest BCUT2D eigenvalue weighted by Crippen LogP contribution is -2.31. The van der Waals surface area contributed by atoms with Crippen molar-refractivity contribution in [2.24, 2.45) is 0 Å². The van der Waals surface area contributed by atoms with Crippen molar-refractivity contribution in [2.75, 3.05) is 4.90 Å². The highest BCUT2D eigenvalue weighted by Gasteiger charge is 2.24. The van der Waals surface area contributed by atoms with E-state index in [0.717, 1.165) is 17.1 Å². The van der Waals surface area contributed by atoms with Crippen molar-refractivity contribution in [3.05, 3.63) is 70.1 Å². The SMILES string of the molecule is Cc1nc(C(=O)N(Cc2ccco2)c2ccc(F)cc2F)cs1. The number of nitrogens with zero attached hydrogens (tertiary/aromatic N) is 2. The van der Waals surface area contributed by atoms with Crippen LogP contribution in [-0.4, -0.2) is 10.9 Å². The summed E-state index contributed by atoms with van der Waals surface area (Å²) in [5.41, 5.74) is 0.182. The lowest BCUT2D eigenvalue weighted by molar-refractivity contribution is 0.0978. The Labute approximate surface area is 135 Å². The molecular weight excluding hydrogens is 322 g/mol. The average Bonchev–Trinajstić information content (AvgIpc) is 3.16. The quantitative estimate of drug-likeness (QED) is 0.719. The lowest BCUT2D eigenvalue weighted by atomic mass is 10.2. The lowest BCUT2D eigenvalue weighted by Gasteiger charge is -2.21. The fourth-order valence-corrected chi connectivity index (χ4v) is 2.71. The molecule has 0 aliphatic heterocycles. The smallest absolute Gasteiger partial charge is 0.278 e. The number of anilines is 1. The summed E-state index contributed by atoms with van der Waals surface area (Å²) in [6.45, 7) is 1.79. The van der Waals surface area contributed by atoms with Crippen LogP contribution in [0.3, 0.4) is 0 Å². The molecule has 0 spiro atoms. The number of carbonyl (C=O) groups excluding carboxylic acids is 1. The van der Waals surface area contributed by atoms with Gasteiger partial charge in [0.05, 0.1) is 23.5 Å². The summed E-state index contributed by atoms with van der Waals surface area (Å²) in [6, 6.07) is 6.42. The first kappa shape index (κ1) is 15.4. The summed E-state index contributed by atoms with van der Waals surface area (Å²) in [6.07, 6.45) is 1.46. The van der Waals surface area contributed by atoms with Gasteiger partial charge in [-0.3, -0.25) is 9.69 Å². The number of furan rings is 1. The molecule has 4 nitrogen and oxygen atoms in total. The number of aryl methyl sites for hydroxylation is 1. The molecule has 2 heterocycles. The number of amides is 1. The van der Waals surface area contributed by atoms with E-state index in [4.69, 9.17) is 4.42 Å². The molecule has 3 aromatic rings. The molecule has 0 N–H and O–H groups in total. The van der Waals surface area contributed by atoms with E-state index < -0.39 is 17.5 Å². The van der Waals surface area contributed by atoms with Crippen LogP contribution in [0.1, 0.15) is 21.3 Å². The first-order valence-corrected chi connectivity index (χ1v) is 7.64. The van der Waals surface area contributed by atoms with Gasteiger partial charge in [-0.25, -0.2) is 13.8 Å². The number of benzene rings is 1. The Morgan fingerprint density at radius 1 is 1.35 bits per heavy atom. The molecule has 0 saturated carbocycles. The monoisotopic (exact) mass is 334 g/mol. The van der Waals surface area contributed by atoms with Gasteiger partial charge >= 0.3 is 0 Å². The zero-order chi connectivity index (χ0) is 16.4. The van der Waals surface area contributed by atoms with Crippen LogP contribution < -0.4 is 4.90 Å². The van der Waals surface area contributed by atoms with E-state index in [1.165, 1.54) is 28.6 Å². The maximum atomic E-state index is 14.1. The molecule has 1 amide bonds. The van der Waals surface area contributed by atoms with E-state index in [9.17, 15) is 13.6 Å². The molecule has 0 atom stereocenters. The third-order valence-corrected chi connectivity index (χ3v) is 3.95. The molecule has 0 aliphatic carbocycles. The first-order valence-electron chi connectivity index (χ1n) is 6.76. The molecule has 0 fully saturated rings. The van der Waals surface area contributed by atoms with E-state index in [2.05, 4.69) is 4.98 Å². The van der Waals surface area contributed by atoms with Crippen molar-refractivity contribution in [1.82, 2.24) is 4.98 Å². The van der Waals surface area contributed by atoms with E-state index in [0.29, 0.717) is 5.76 Å². The second kappa shape index (κ2) is 6.29. The number of carbonyl (C=O) groups is 1. The first-order chi connectivity index (χ1) is 11.0. The number of aromatic nitrogens is 1. The van der Waals surface area contributed by atoms with Gasteiger partial charge in [-0.15, -0.1) is 11.3 Å². The van der Waals surface area contributed by atoms with Crippen molar-refractivity contribution < 1.29 is 18.0 Å². The maximum Gasteiger partial charge on any atom is 0.278 e. The maximum absolute atomic E-state index is 14.1. The van der Waals surface area contributed by atoms with E-state index in [-0.39, 0.29) is 17.9 Å². The number of halogens is 2. The summed E-state index contributed by atoms with van der Waals surface area (Å²) in [7, 11) is 0. The molecular formula is C16H12F2N2O2S. The van der Waals surface area contributed by atoms with Crippen LogP contribution in [0.4, 0.5) is 14.5 Å². The highest BCUT2D eigenvalue weighted by Crippen LogP contribution is 2.25. The van der Waals surface area contributed by atoms with Crippen molar-refractivity contribution in [2.45, 2.75) is 13.5 Å². The van der Waals surface area contributed by atoms with Gasteiger partial charge in [-0.1, -0.05) is 0 Å². The molecule has 0 saturated heterocycles. The summed E-state index contributed by atoms with van der Waals surface area (Å²) in [5.74, 6) is -1.52. The van der Waals surface area contributed by atoms with Crippen molar-refractivity contribution in [1.29, 1.82) is 0 Å². The molecule has 0 bridgehead atoms. The highest BCUT2D eigenvalue weighted by atomic mass is 32.1. The molecule has 0 aliphatic rings. The molecule has 0 radical (unpaired) electrons. The van der Waals surface area contributed by atoms with Gasteiger partial charge in [0.15, 0.2) is 0 Å². The Hall–Kier alpha value is -2.54. The van der Waals surface area contributed by atoms with Crippen LogP contribution in [-0.2, 0) is 6.54 Å². The number of rotatable bonds is 4. The second-order valence-electron chi connectivity index (χ2n) is 4.82. The molecule has 7 heteroatoms. The van der Waals surface area contributed by atoms with Crippen LogP contribution in [0.5, 0.6) is 0 Å². The van der Waals surface area contributed by atoms with E-state index in [1.54, 1.807) is 24.4 Å². The van der Waals surface area contributed by atoms with Crippen molar-refractivity contribution in [3.63, 3.8) is 0 Å². The normalized spacial score (nSPS) is 10.7. The largest absolute Gasteiger partial charge is 0.467 e. The number of hydrogen-bond acceptors (Lipinski definition) is 4. The molecule has 118 valence electrons. The Morgan fingerprint density at radius 3 is 2.78 bits per heavy atom. The molecule has 2 aromatic heterocycles. The summed E-state index contributed by atoms with van der Waals surface area (Å²) < 4.78 is 32.5. The topological polar surface area (TPSA) is 46.3 Å². The van der Waals surface area contributed by atoms with Crippen LogP contribution in [0.25, 0.3) is 0 Å². The van der Waals surface area contributed by atoms with Gasteiger partial charge in [0.2, 0.25) is 0 Å². The number of hydrogen-bond donors (Lipinski definition) is 0. The minimum Gasteiger partial charge on any atom is -0.467 e. The van der Waals surface area contributed by atoms with Gasteiger partial charge in [0.25, 0.3) is 5.91 Å². The third kappa shape index (κ3) is 3.29. The standard InChI is InChI=1S/C16H12F2N2O2S/c1-10-19-14(9-23-10)16(21)20(8-12-3-2-6-22-12)15-5-4-11(17)7-13(15)18/h2-7,9H,8H2,1H3. The summed E-state index contributed by atoms with van der Waals surface area (Å²) in [4.78, 5) is 18.0. The molecule has 3 rings (SSSR count). The predicted octanol–water partition coefficient (Wildman–Crippen LogP) is 4.17. The zero-order valence-corrected chi connectivity index (χ0v) is 12.9. The Balaban J connectivity index is 2.00. The number of thiazole rings is 1. The fourth-order valence-electron chi connectivity index (χ4n) is 2.12. The van der Waals surface area contributed by atoms with E-state index in [1.807, 2.05) is 0 Å². The highest BCUT2D eigenvalue weighted by molar-refractivity contribution is 7.09.